The molecule has 0 saturated heterocycles. The van der Waals surface area contributed by atoms with Crippen molar-refractivity contribution >= 4 is 16.9 Å². The van der Waals surface area contributed by atoms with E-state index in [0.717, 1.165) is 34.9 Å². The van der Waals surface area contributed by atoms with Crippen LogP contribution in [0.3, 0.4) is 0 Å². The van der Waals surface area contributed by atoms with Gasteiger partial charge in [0.1, 0.15) is 17.0 Å². The lowest BCUT2D eigenvalue weighted by Gasteiger charge is -2.30. The van der Waals surface area contributed by atoms with Crippen molar-refractivity contribution in [1.82, 2.24) is 20.2 Å². The zero-order valence-corrected chi connectivity index (χ0v) is 22.6. The summed E-state index contributed by atoms with van der Waals surface area (Å²) in [6, 6.07) is 8.28. The lowest BCUT2D eigenvalue weighted by Crippen LogP contribution is -2.46. The summed E-state index contributed by atoms with van der Waals surface area (Å²) < 4.78 is 50.8. The lowest BCUT2D eigenvalue weighted by molar-refractivity contribution is -0.136. The quantitative estimate of drug-likeness (QED) is 0.381. The van der Waals surface area contributed by atoms with Gasteiger partial charge in [-0.2, -0.15) is 13.2 Å². The van der Waals surface area contributed by atoms with Crippen LogP contribution in [0.5, 0.6) is 11.5 Å². The first-order valence-corrected chi connectivity index (χ1v) is 13.4. The first-order valence-electron chi connectivity index (χ1n) is 13.4. The van der Waals surface area contributed by atoms with Crippen LogP contribution in [0.15, 0.2) is 42.7 Å². The van der Waals surface area contributed by atoms with Gasteiger partial charge < -0.3 is 19.7 Å². The minimum Gasteiger partial charge on any atom is -0.494 e. The normalized spacial score (nSPS) is 19.2. The number of amides is 2. The number of methoxy groups -OCH3 is 1. The minimum atomic E-state index is -4.28. The van der Waals surface area contributed by atoms with E-state index in [1.165, 1.54) is 0 Å². The molecule has 1 N–H and O–H groups in total. The van der Waals surface area contributed by atoms with Gasteiger partial charge in [-0.1, -0.05) is 12.5 Å². The predicted octanol–water partition coefficient (Wildman–Crippen LogP) is 7.06. The summed E-state index contributed by atoms with van der Waals surface area (Å²) in [5, 5.41) is 3.78. The molecular weight excluding hydrogens is 509 g/mol. The van der Waals surface area contributed by atoms with E-state index in [2.05, 4.69) is 15.3 Å². The third-order valence-corrected chi connectivity index (χ3v) is 7.14. The molecule has 0 saturated carbocycles. The molecule has 3 aromatic rings. The van der Waals surface area contributed by atoms with E-state index in [0.29, 0.717) is 43.2 Å². The van der Waals surface area contributed by atoms with E-state index >= 15 is 0 Å². The highest BCUT2D eigenvalue weighted by atomic mass is 19.4. The topological polar surface area (TPSA) is 76.6 Å². The minimum absolute atomic E-state index is 0.161. The molecule has 1 aromatic carbocycles. The van der Waals surface area contributed by atoms with Crippen molar-refractivity contribution < 1.29 is 27.4 Å². The van der Waals surface area contributed by atoms with Gasteiger partial charge in [-0.3, -0.25) is 9.97 Å². The maximum Gasteiger partial charge on any atom is 0.389 e. The SMILES string of the molecule is CCN1C(=O)N[C@@H](CCC(F)(F)F)CCCCCOc2cc(cc3cccnc23)-c2cc(ncc2OC)[C@H]1C. The summed E-state index contributed by atoms with van der Waals surface area (Å²) in [7, 11) is 1.58. The van der Waals surface area contributed by atoms with Gasteiger partial charge in [0.25, 0.3) is 0 Å². The molecular formula is C29H35F3N4O3. The third-order valence-electron chi connectivity index (χ3n) is 7.14. The third kappa shape index (κ3) is 7.10. The summed E-state index contributed by atoms with van der Waals surface area (Å²) in [5.41, 5.74) is 3.03. The van der Waals surface area contributed by atoms with E-state index in [-0.39, 0.29) is 6.42 Å². The van der Waals surface area contributed by atoms with Gasteiger partial charge in [-0.15, -0.1) is 0 Å². The summed E-state index contributed by atoms with van der Waals surface area (Å²) in [4.78, 5) is 24.0. The molecule has 0 aliphatic carbocycles. The number of alkyl halides is 3. The molecule has 2 aromatic heterocycles. The average molecular weight is 545 g/mol. The molecule has 3 heterocycles. The van der Waals surface area contributed by atoms with Crippen molar-refractivity contribution in [3.05, 3.63) is 48.4 Å². The second-order valence-electron chi connectivity index (χ2n) is 9.82. The number of fused-ring (bicyclic) bond motifs is 7. The number of nitrogens with one attached hydrogen (secondary N) is 1. The molecule has 2 atom stereocenters. The van der Waals surface area contributed by atoms with Crippen molar-refractivity contribution in [2.24, 2.45) is 0 Å². The van der Waals surface area contributed by atoms with Crippen molar-refractivity contribution in [3.63, 3.8) is 0 Å². The van der Waals surface area contributed by atoms with Gasteiger partial charge in [0.05, 0.1) is 31.6 Å². The van der Waals surface area contributed by atoms with Crippen molar-refractivity contribution in [3.8, 4) is 22.6 Å². The van der Waals surface area contributed by atoms with E-state index in [1.807, 2.05) is 44.2 Å². The van der Waals surface area contributed by atoms with Crippen LogP contribution in [-0.2, 0) is 0 Å². The second-order valence-corrected chi connectivity index (χ2v) is 9.82. The molecule has 1 aliphatic rings. The average Bonchev–Trinajstić information content (AvgIpc) is 2.92. The van der Waals surface area contributed by atoms with E-state index in [4.69, 9.17) is 9.47 Å². The number of carbonyl (C=O) groups is 1. The highest BCUT2D eigenvalue weighted by molar-refractivity contribution is 5.90. The molecule has 0 spiro atoms. The summed E-state index contributed by atoms with van der Waals surface area (Å²) >= 11 is 0. The van der Waals surface area contributed by atoms with Crippen LogP contribution in [0, 0.1) is 0 Å². The van der Waals surface area contributed by atoms with E-state index in [9.17, 15) is 18.0 Å². The highest BCUT2D eigenvalue weighted by Crippen LogP contribution is 2.37. The molecule has 0 unspecified atom stereocenters. The monoisotopic (exact) mass is 544 g/mol. The molecule has 210 valence electrons. The van der Waals surface area contributed by atoms with Crippen molar-refractivity contribution in [1.29, 1.82) is 0 Å². The lowest BCUT2D eigenvalue weighted by atomic mass is 10.0. The number of nitrogens with zero attached hydrogens (tertiary/aromatic N) is 3. The molecule has 2 amide bonds. The largest absolute Gasteiger partial charge is 0.494 e. The summed E-state index contributed by atoms with van der Waals surface area (Å²) in [6.45, 7) is 4.50. The Balaban J connectivity index is 1.74. The van der Waals surface area contributed by atoms with Crippen LogP contribution < -0.4 is 14.8 Å². The van der Waals surface area contributed by atoms with Crippen molar-refractivity contribution in [2.45, 2.75) is 70.6 Å². The molecule has 4 bridgehead atoms. The number of hydrogen-bond donors (Lipinski definition) is 1. The molecule has 39 heavy (non-hydrogen) atoms. The van der Waals surface area contributed by atoms with Gasteiger partial charge in [0, 0.05) is 36.2 Å². The maximum absolute atomic E-state index is 13.3. The van der Waals surface area contributed by atoms with Gasteiger partial charge in [-0.25, -0.2) is 4.79 Å². The number of hydrogen-bond acceptors (Lipinski definition) is 5. The molecule has 4 rings (SSSR count). The first kappa shape index (κ1) is 28.4. The Morgan fingerprint density at radius 3 is 2.74 bits per heavy atom. The molecule has 10 heteroatoms. The molecule has 1 aliphatic heterocycles. The number of urea groups is 1. The maximum atomic E-state index is 13.3. The van der Waals surface area contributed by atoms with Crippen LogP contribution in [0.1, 0.15) is 64.1 Å². The molecule has 0 fully saturated rings. The zero-order valence-electron chi connectivity index (χ0n) is 22.6. The van der Waals surface area contributed by atoms with Gasteiger partial charge in [0.15, 0.2) is 0 Å². The highest BCUT2D eigenvalue weighted by Gasteiger charge is 2.30. The van der Waals surface area contributed by atoms with Gasteiger partial charge in [-0.05, 0) is 69.4 Å². The number of halogens is 3. The zero-order chi connectivity index (χ0) is 28.0. The Labute approximate surface area is 226 Å². The second kappa shape index (κ2) is 12.5. The predicted molar refractivity (Wildman–Crippen MR) is 144 cm³/mol. The number of benzene rings is 1. The molecule has 7 nitrogen and oxygen atoms in total. The number of aromatic nitrogens is 2. The van der Waals surface area contributed by atoms with Crippen LogP contribution in [0.4, 0.5) is 18.0 Å². The fraction of sp³-hybridized carbons (Fsp3) is 0.483. The van der Waals surface area contributed by atoms with Crippen LogP contribution in [-0.4, -0.2) is 53.4 Å². The number of ether oxygens (including phenoxy) is 2. The van der Waals surface area contributed by atoms with Gasteiger partial charge >= 0.3 is 12.2 Å². The van der Waals surface area contributed by atoms with Crippen LogP contribution >= 0.6 is 0 Å². The number of pyridine rings is 2. The summed E-state index contributed by atoms with van der Waals surface area (Å²) in [6.07, 6.45) is 0.578. The van der Waals surface area contributed by atoms with Crippen LogP contribution in [0.2, 0.25) is 0 Å². The fourth-order valence-electron chi connectivity index (χ4n) is 4.99. The molecule has 0 radical (unpaired) electrons. The number of rotatable bonds is 4. The van der Waals surface area contributed by atoms with E-state index in [1.54, 1.807) is 24.4 Å². The van der Waals surface area contributed by atoms with Crippen LogP contribution in [0.25, 0.3) is 22.0 Å². The summed E-state index contributed by atoms with van der Waals surface area (Å²) in [5.74, 6) is 1.22. The Hall–Kier alpha value is -3.56. The first-order chi connectivity index (χ1) is 18.7. The standard InChI is InChI=1S/C29H35F3N4O3/c1-4-36-19(2)24-17-23(26(38-3)18-34-24)21-15-20-9-8-13-33-27(20)25(16-21)39-14-7-5-6-10-22(35-28(36)37)11-12-29(30,31)32/h8-9,13,15-19,22H,4-7,10-12,14H2,1-3H3,(H,35,37)/t19-,22-/m1/s1. The number of carbonyl (C=O) groups excluding carboxylic acids is 1. The van der Waals surface area contributed by atoms with Crippen molar-refractivity contribution in [2.75, 3.05) is 20.3 Å². The fourth-order valence-corrected chi connectivity index (χ4v) is 4.99. The Morgan fingerprint density at radius 2 is 2.00 bits per heavy atom. The Kier molecular flexibility index (Phi) is 9.14. The Morgan fingerprint density at radius 1 is 1.18 bits per heavy atom. The smallest absolute Gasteiger partial charge is 0.389 e. The Bertz CT molecular complexity index is 1280. The van der Waals surface area contributed by atoms with E-state index < -0.39 is 30.7 Å². The van der Waals surface area contributed by atoms with Gasteiger partial charge in [0.2, 0.25) is 0 Å².